The van der Waals surface area contributed by atoms with Crippen molar-refractivity contribution in [3.05, 3.63) is 59.7 Å². The highest BCUT2D eigenvalue weighted by atomic mass is 16.6. The van der Waals surface area contributed by atoms with Crippen molar-refractivity contribution in [3.63, 3.8) is 0 Å². The van der Waals surface area contributed by atoms with Gasteiger partial charge in [0.2, 0.25) is 0 Å². The SMILES string of the molecule is CN(C(=O)OCC1c2ccccc2-c2ccccc21)[C@H](CCC(=O)OC(C)(C)C)C(=O)O. The van der Waals surface area contributed by atoms with Gasteiger partial charge in [-0.1, -0.05) is 48.5 Å². The van der Waals surface area contributed by atoms with Crippen molar-refractivity contribution >= 4 is 18.0 Å². The highest BCUT2D eigenvalue weighted by Crippen LogP contribution is 2.44. The number of hydrogen-bond acceptors (Lipinski definition) is 5. The van der Waals surface area contributed by atoms with Gasteiger partial charge in [0, 0.05) is 19.4 Å². The zero-order valence-electron chi connectivity index (χ0n) is 18.8. The van der Waals surface area contributed by atoms with Crippen molar-refractivity contribution in [2.75, 3.05) is 13.7 Å². The van der Waals surface area contributed by atoms with E-state index in [0.29, 0.717) is 0 Å². The number of carboxylic acids is 1. The smallest absolute Gasteiger partial charge is 0.410 e. The number of carboxylic acid groups (broad SMARTS) is 1. The van der Waals surface area contributed by atoms with Gasteiger partial charge in [-0.3, -0.25) is 9.69 Å². The fraction of sp³-hybridized carbons (Fsp3) is 0.400. The van der Waals surface area contributed by atoms with Crippen molar-refractivity contribution < 1.29 is 29.0 Å². The van der Waals surface area contributed by atoms with Crippen molar-refractivity contribution in [2.24, 2.45) is 0 Å². The van der Waals surface area contributed by atoms with E-state index in [1.54, 1.807) is 20.8 Å². The Kier molecular flexibility index (Phi) is 6.87. The van der Waals surface area contributed by atoms with E-state index in [0.717, 1.165) is 27.2 Å². The molecule has 2 aromatic rings. The number of carbonyl (C=O) groups excluding carboxylic acids is 2. The van der Waals surface area contributed by atoms with Gasteiger partial charge in [-0.05, 0) is 49.4 Å². The third kappa shape index (κ3) is 5.28. The lowest BCUT2D eigenvalue weighted by Crippen LogP contribution is -2.43. The second kappa shape index (κ2) is 9.42. The molecular weight excluding hydrogens is 410 g/mol. The molecule has 32 heavy (non-hydrogen) atoms. The predicted octanol–water partition coefficient (Wildman–Crippen LogP) is 4.44. The zero-order chi connectivity index (χ0) is 23.5. The maximum absolute atomic E-state index is 12.7. The summed E-state index contributed by atoms with van der Waals surface area (Å²) in [7, 11) is 1.37. The summed E-state index contributed by atoms with van der Waals surface area (Å²) in [6.45, 7) is 5.31. The standard InChI is InChI=1S/C25H29NO6/c1-25(2,3)32-22(27)14-13-21(23(28)29)26(4)24(30)31-15-20-18-11-7-5-9-16(18)17-10-6-8-12-19(17)20/h5-12,20-21H,13-15H2,1-4H3,(H,28,29)/t21-/m1/s1. The molecule has 1 amide bonds. The molecule has 0 saturated heterocycles. The molecule has 0 unspecified atom stereocenters. The van der Waals surface area contributed by atoms with Gasteiger partial charge >= 0.3 is 18.0 Å². The monoisotopic (exact) mass is 439 g/mol. The Balaban J connectivity index is 1.64. The second-order valence-corrected chi connectivity index (χ2v) is 8.89. The summed E-state index contributed by atoms with van der Waals surface area (Å²) in [6, 6.07) is 14.7. The van der Waals surface area contributed by atoms with Gasteiger partial charge in [-0.25, -0.2) is 9.59 Å². The van der Waals surface area contributed by atoms with E-state index >= 15 is 0 Å². The van der Waals surface area contributed by atoms with E-state index in [2.05, 4.69) is 0 Å². The Bertz CT molecular complexity index is 964. The van der Waals surface area contributed by atoms with Crippen molar-refractivity contribution in [1.29, 1.82) is 0 Å². The maximum Gasteiger partial charge on any atom is 0.410 e. The van der Waals surface area contributed by atoms with Gasteiger partial charge in [0.05, 0.1) is 0 Å². The van der Waals surface area contributed by atoms with E-state index < -0.39 is 29.7 Å². The number of aliphatic carboxylic acids is 1. The Morgan fingerprint density at radius 3 is 2.03 bits per heavy atom. The number of ether oxygens (including phenoxy) is 2. The summed E-state index contributed by atoms with van der Waals surface area (Å²) in [5.74, 6) is -1.83. The molecule has 0 fully saturated rings. The highest BCUT2D eigenvalue weighted by Gasteiger charge is 2.32. The minimum Gasteiger partial charge on any atom is -0.480 e. The molecule has 0 saturated carbocycles. The number of amides is 1. The molecule has 1 N–H and O–H groups in total. The van der Waals surface area contributed by atoms with Crippen molar-refractivity contribution in [3.8, 4) is 11.1 Å². The van der Waals surface area contributed by atoms with Crippen LogP contribution in [0.15, 0.2) is 48.5 Å². The Labute approximate surface area is 187 Å². The van der Waals surface area contributed by atoms with E-state index in [1.807, 2.05) is 48.5 Å². The fourth-order valence-corrected chi connectivity index (χ4v) is 3.95. The zero-order valence-corrected chi connectivity index (χ0v) is 18.8. The molecule has 0 aliphatic heterocycles. The maximum atomic E-state index is 12.7. The van der Waals surface area contributed by atoms with Gasteiger partial charge in [-0.2, -0.15) is 0 Å². The number of fused-ring (bicyclic) bond motifs is 3. The van der Waals surface area contributed by atoms with Crippen LogP contribution >= 0.6 is 0 Å². The molecule has 1 aliphatic carbocycles. The van der Waals surface area contributed by atoms with Crippen LogP contribution in [-0.2, 0) is 19.1 Å². The lowest BCUT2D eigenvalue weighted by atomic mass is 9.98. The van der Waals surface area contributed by atoms with Gasteiger partial charge in [-0.15, -0.1) is 0 Å². The van der Waals surface area contributed by atoms with Crippen LogP contribution in [-0.4, -0.2) is 53.3 Å². The summed E-state index contributed by atoms with van der Waals surface area (Å²) < 4.78 is 10.8. The normalized spacial score (nSPS) is 13.6. The number of nitrogens with zero attached hydrogens (tertiary/aromatic N) is 1. The van der Waals surface area contributed by atoms with Crippen LogP contribution in [0.5, 0.6) is 0 Å². The fourth-order valence-electron chi connectivity index (χ4n) is 3.95. The molecule has 0 radical (unpaired) electrons. The lowest BCUT2D eigenvalue weighted by Gasteiger charge is -2.25. The molecule has 2 aromatic carbocycles. The van der Waals surface area contributed by atoms with Crippen LogP contribution < -0.4 is 0 Å². The van der Waals surface area contributed by atoms with Crippen LogP contribution in [0.1, 0.15) is 50.7 Å². The van der Waals surface area contributed by atoms with Crippen molar-refractivity contribution in [1.82, 2.24) is 4.90 Å². The molecule has 0 bridgehead atoms. The molecule has 7 nitrogen and oxygen atoms in total. The minimum absolute atomic E-state index is 0.0645. The molecule has 1 aliphatic rings. The topological polar surface area (TPSA) is 93.1 Å². The number of hydrogen-bond donors (Lipinski definition) is 1. The molecular formula is C25H29NO6. The number of rotatable bonds is 7. The average molecular weight is 440 g/mol. The number of esters is 1. The van der Waals surface area contributed by atoms with Crippen LogP contribution in [0.25, 0.3) is 11.1 Å². The van der Waals surface area contributed by atoms with Gasteiger partial charge in [0.1, 0.15) is 18.2 Å². The predicted molar refractivity (Wildman–Crippen MR) is 119 cm³/mol. The highest BCUT2D eigenvalue weighted by molar-refractivity contribution is 5.81. The molecule has 0 spiro atoms. The Hall–Kier alpha value is -3.35. The molecule has 1 atom stereocenters. The van der Waals surface area contributed by atoms with Crippen molar-refractivity contribution in [2.45, 2.75) is 51.2 Å². The Morgan fingerprint density at radius 2 is 1.53 bits per heavy atom. The molecule has 7 heteroatoms. The minimum atomic E-state index is -1.20. The van der Waals surface area contributed by atoms with E-state index in [4.69, 9.17) is 9.47 Å². The molecule has 0 aromatic heterocycles. The number of likely N-dealkylation sites (N-methyl/N-ethyl adjacent to an activating group) is 1. The first-order valence-corrected chi connectivity index (χ1v) is 10.6. The van der Waals surface area contributed by atoms with Gasteiger partial charge < -0.3 is 14.6 Å². The van der Waals surface area contributed by atoms with Crippen LogP contribution in [0.2, 0.25) is 0 Å². The summed E-state index contributed by atoms with van der Waals surface area (Å²) >= 11 is 0. The average Bonchev–Trinajstić information content (AvgIpc) is 3.04. The van der Waals surface area contributed by atoms with E-state index in [9.17, 15) is 19.5 Å². The second-order valence-electron chi connectivity index (χ2n) is 8.89. The third-order valence-electron chi connectivity index (χ3n) is 5.42. The Morgan fingerprint density at radius 1 is 1.00 bits per heavy atom. The first-order chi connectivity index (χ1) is 15.1. The van der Waals surface area contributed by atoms with Gasteiger partial charge in [0.15, 0.2) is 0 Å². The quantitative estimate of drug-likeness (QED) is 0.641. The first kappa shape index (κ1) is 23.3. The molecule has 0 heterocycles. The third-order valence-corrected chi connectivity index (χ3v) is 5.42. The first-order valence-electron chi connectivity index (χ1n) is 10.6. The summed E-state index contributed by atoms with van der Waals surface area (Å²) in [5.41, 5.74) is 3.71. The molecule has 3 rings (SSSR count). The van der Waals surface area contributed by atoms with Crippen LogP contribution in [0.4, 0.5) is 4.79 Å². The number of benzene rings is 2. The lowest BCUT2D eigenvalue weighted by molar-refractivity contribution is -0.155. The van der Waals surface area contributed by atoms with Gasteiger partial charge in [0.25, 0.3) is 0 Å². The van der Waals surface area contributed by atoms with Crippen LogP contribution in [0.3, 0.4) is 0 Å². The number of carbonyl (C=O) groups is 3. The van der Waals surface area contributed by atoms with Crippen LogP contribution in [0, 0.1) is 0 Å². The summed E-state index contributed by atoms with van der Waals surface area (Å²) in [6.07, 6.45) is -0.927. The summed E-state index contributed by atoms with van der Waals surface area (Å²) in [4.78, 5) is 37.4. The molecule has 170 valence electrons. The van der Waals surface area contributed by atoms with E-state index in [1.165, 1.54) is 7.05 Å². The summed E-state index contributed by atoms with van der Waals surface area (Å²) in [5, 5.41) is 9.58. The van der Waals surface area contributed by atoms with E-state index in [-0.39, 0.29) is 25.4 Å². The largest absolute Gasteiger partial charge is 0.480 e.